The average molecular weight is 539 g/mol. The van der Waals surface area contributed by atoms with E-state index in [1.54, 1.807) is 0 Å². The Morgan fingerprint density at radius 1 is 0.658 bits per heavy atom. The first-order valence-corrected chi connectivity index (χ1v) is 16.5. The molecule has 0 aromatic heterocycles. The van der Waals surface area contributed by atoms with Crippen LogP contribution in [0.3, 0.4) is 0 Å². The summed E-state index contributed by atoms with van der Waals surface area (Å²) in [7, 11) is 0. The summed E-state index contributed by atoms with van der Waals surface area (Å²) in [6.45, 7) is 24.9. The third-order valence-electron chi connectivity index (χ3n) is 8.18. The van der Waals surface area contributed by atoms with Gasteiger partial charge in [0.2, 0.25) is 0 Å². The molecule has 6 heteroatoms. The zero-order chi connectivity index (χ0) is 27.6. The lowest BCUT2D eigenvalue weighted by molar-refractivity contribution is -0.0370. The normalized spacial score (nSPS) is 23.4. The van der Waals surface area contributed by atoms with Crippen molar-refractivity contribution in [3.05, 3.63) is 0 Å². The van der Waals surface area contributed by atoms with Crippen molar-refractivity contribution >= 4 is 0 Å². The summed E-state index contributed by atoms with van der Waals surface area (Å²) < 4.78 is 12.1. The zero-order valence-corrected chi connectivity index (χ0v) is 26.3. The first-order chi connectivity index (χ1) is 18.3. The second-order valence-corrected chi connectivity index (χ2v) is 13.2. The molecule has 0 saturated carbocycles. The molecule has 0 radical (unpaired) electrons. The summed E-state index contributed by atoms with van der Waals surface area (Å²) in [5, 5.41) is 7.30. The van der Waals surface area contributed by atoms with Gasteiger partial charge in [-0.15, -0.1) is 0 Å². The molecule has 4 atom stereocenters. The summed E-state index contributed by atoms with van der Waals surface area (Å²) in [4.78, 5) is 5.25. The molecule has 226 valence electrons. The Bertz CT molecular complexity index is 562. The van der Waals surface area contributed by atoms with E-state index in [0.717, 1.165) is 64.3 Å². The maximum atomic E-state index is 6.08. The number of morpholine rings is 2. The summed E-state index contributed by atoms with van der Waals surface area (Å²) in [6, 6.07) is 1.22. The quantitative estimate of drug-likeness (QED) is 0.187. The number of hydrogen-bond donors (Lipinski definition) is 2. The summed E-state index contributed by atoms with van der Waals surface area (Å²) in [6.07, 6.45) is 13.7. The number of nitrogens with zero attached hydrogens (tertiary/aromatic N) is 2. The van der Waals surface area contributed by atoms with Gasteiger partial charge in [0.05, 0.1) is 25.4 Å². The maximum Gasteiger partial charge on any atom is 0.0702 e. The van der Waals surface area contributed by atoms with Gasteiger partial charge in [-0.05, 0) is 70.4 Å². The van der Waals surface area contributed by atoms with Crippen molar-refractivity contribution in [3.8, 4) is 0 Å². The number of nitrogens with one attached hydrogen (secondary N) is 2. The largest absolute Gasteiger partial charge is 0.376 e. The fraction of sp³-hybridized carbons (Fsp3) is 1.00. The molecular weight excluding hydrogens is 472 g/mol. The van der Waals surface area contributed by atoms with E-state index in [4.69, 9.17) is 9.47 Å². The zero-order valence-electron chi connectivity index (χ0n) is 26.3. The molecule has 2 N–H and O–H groups in total. The Labute approximate surface area is 237 Å². The molecule has 2 heterocycles. The fourth-order valence-electron chi connectivity index (χ4n) is 6.01. The summed E-state index contributed by atoms with van der Waals surface area (Å²) in [5.74, 6) is 1.50. The highest BCUT2D eigenvalue weighted by Gasteiger charge is 2.22. The van der Waals surface area contributed by atoms with E-state index in [1.165, 1.54) is 77.3 Å². The van der Waals surface area contributed by atoms with Gasteiger partial charge in [-0.1, -0.05) is 60.3 Å². The molecule has 0 amide bonds. The molecule has 2 fully saturated rings. The smallest absolute Gasteiger partial charge is 0.0702 e. The van der Waals surface area contributed by atoms with Gasteiger partial charge in [-0.25, -0.2) is 0 Å². The lowest BCUT2D eigenvalue weighted by Crippen LogP contribution is -2.44. The van der Waals surface area contributed by atoms with Crippen LogP contribution in [0.25, 0.3) is 0 Å². The van der Waals surface area contributed by atoms with E-state index >= 15 is 0 Å². The number of rotatable bonds is 21. The minimum absolute atomic E-state index is 0.443. The van der Waals surface area contributed by atoms with Crippen molar-refractivity contribution < 1.29 is 9.47 Å². The second kappa shape index (κ2) is 20.6. The average Bonchev–Trinajstić information content (AvgIpc) is 2.87. The van der Waals surface area contributed by atoms with Gasteiger partial charge >= 0.3 is 0 Å². The third kappa shape index (κ3) is 16.8. The molecule has 38 heavy (non-hydrogen) atoms. The van der Waals surface area contributed by atoms with Gasteiger partial charge in [0.1, 0.15) is 0 Å². The van der Waals surface area contributed by atoms with Crippen molar-refractivity contribution in [2.24, 2.45) is 11.8 Å². The van der Waals surface area contributed by atoms with E-state index in [2.05, 4.69) is 62.0 Å². The van der Waals surface area contributed by atoms with Gasteiger partial charge in [-0.3, -0.25) is 9.80 Å². The van der Waals surface area contributed by atoms with E-state index in [0.29, 0.717) is 24.3 Å². The van der Waals surface area contributed by atoms with Gasteiger partial charge in [0.15, 0.2) is 0 Å². The van der Waals surface area contributed by atoms with Crippen molar-refractivity contribution in [1.82, 2.24) is 20.4 Å². The SMILES string of the molecule is CC(C)CN1CCO[C@@H](CCCCCNC(C)CCC(C)CN2CCO[C@H](CCCCCNC(C)C)C2)C1. The van der Waals surface area contributed by atoms with Crippen LogP contribution in [0.4, 0.5) is 0 Å². The number of hydrogen-bond acceptors (Lipinski definition) is 6. The molecule has 2 saturated heterocycles. The topological polar surface area (TPSA) is 49.0 Å². The minimum Gasteiger partial charge on any atom is -0.376 e. The Kier molecular flexibility index (Phi) is 18.4. The Hall–Kier alpha value is -0.240. The number of ether oxygens (including phenoxy) is 2. The Balaban J connectivity index is 1.44. The molecule has 0 aliphatic carbocycles. The van der Waals surface area contributed by atoms with Crippen LogP contribution in [0, 0.1) is 11.8 Å². The molecule has 6 nitrogen and oxygen atoms in total. The van der Waals surface area contributed by atoms with Crippen LogP contribution in [0.5, 0.6) is 0 Å². The molecule has 2 aliphatic heterocycles. The molecule has 0 aromatic carbocycles. The first kappa shape index (κ1) is 34.0. The standard InChI is InChI=1S/C32H66N4O2/c1-27(2)23-35-19-21-37-31(25-35)13-10-8-12-18-34-30(6)16-15-29(5)24-36-20-22-38-32(26-36)14-9-7-11-17-33-28(3)4/h27-34H,7-26H2,1-6H3/t29?,30?,31-,32+/m0/s1. The fourth-order valence-corrected chi connectivity index (χ4v) is 6.01. The van der Waals surface area contributed by atoms with E-state index in [-0.39, 0.29) is 0 Å². The third-order valence-corrected chi connectivity index (χ3v) is 8.18. The molecule has 0 aromatic rings. The van der Waals surface area contributed by atoms with Crippen LogP contribution in [0.1, 0.15) is 106 Å². The molecule has 2 unspecified atom stereocenters. The van der Waals surface area contributed by atoms with E-state index in [9.17, 15) is 0 Å². The molecule has 0 bridgehead atoms. The van der Waals surface area contributed by atoms with Gasteiger partial charge in [0, 0.05) is 51.4 Å². The molecule has 2 aliphatic rings. The van der Waals surface area contributed by atoms with Crippen LogP contribution < -0.4 is 10.6 Å². The van der Waals surface area contributed by atoms with Crippen molar-refractivity contribution in [2.75, 3.05) is 65.6 Å². The Morgan fingerprint density at radius 3 is 1.76 bits per heavy atom. The predicted octanol–water partition coefficient (Wildman–Crippen LogP) is 5.56. The Morgan fingerprint density at radius 2 is 1.21 bits per heavy atom. The highest BCUT2D eigenvalue weighted by Crippen LogP contribution is 2.17. The van der Waals surface area contributed by atoms with E-state index in [1.807, 2.05) is 0 Å². The molecule has 2 rings (SSSR count). The van der Waals surface area contributed by atoms with Crippen LogP contribution in [0.15, 0.2) is 0 Å². The molecular formula is C32H66N4O2. The van der Waals surface area contributed by atoms with Gasteiger partial charge < -0.3 is 20.1 Å². The van der Waals surface area contributed by atoms with Gasteiger partial charge in [-0.2, -0.15) is 0 Å². The highest BCUT2D eigenvalue weighted by atomic mass is 16.5. The van der Waals surface area contributed by atoms with Crippen LogP contribution in [-0.2, 0) is 9.47 Å². The van der Waals surface area contributed by atoms with Crippen LogP contribution in [-0.4, -0.2) is 99.7 Å². The van der Waals surface area contributed by atoms with Crippen molar-refractivity contribution in [1.29, 1.82) is 0 Å². The highest BCUT2D eigenvalue weighted by molar-refractivity contribution is 4.75. The summed E-state index contributed by atoms with van der Waals surface area (Å²) >= 11 is 0. The summed E-state index contributed by atoms with van der Waals surface area (Å²) in [5.41, 5.74) is 0. The van der Waals surface area contributed by atoms with Crippen molar-refractivity contribution in [2.45, 2.75) is 130 Å². The first-order valence-electron chi connectivity index (χ1n) is 16.5. The lowest BCUT2D eigenvalue weighted by Gasteiger charge is -2.34. The second-order valence-electron chi connectivity index (χ2n) is 13.2. The van der Waals surface area contributed by atoms with Gasteiger partial charge in [0.25, 0.3) is 0 Å². The monoisotopic (exact) mass is 539 g/mol. The van der Waals surface area contributed by atoms with Crippen molar-refractivity contribution in [3.63, 3.8) is 0 Å². The predicted molar refractivity (Wildman–Crippen MR) is 163 cm³/mol. The molecule has 0 spiro atoms. The number of unbranched alkanes of at least 4 members (excludes halogenated alkanes) is 4. The minimum atomic E-state index is 0.443. The van der Waals surface area contributed by atoms with E-state index < -0.39 is 0 Å². The van der Waals surface area contributed by atoms with Crippen LogP contribution >= 0.6 is 0 Å². The lowest BCUT2D eigenvalue weighted by atomic mass is 10.0. The van der Waals surface area contributed by atoms with Crippen LogP contribution in [0.2, 0.25) is 0 Å². The maximum absolute atomic E-state index is 6.08.